The molecular formula is C21H28N4O. The quantitative estimate of drug-likeness (QED) is 0.903. The maximum absolute atomic E-state index is 12.5. The molecule has 1 aromatic carbocycles. The first-order chi connectivity index (χ1) is 12.4. The molecule has 1 fully saturated rings. The molecule has 1 amide bonds. The lowest BCUT2D eigenvalue weighted by Gasteiger charge is -2.26. The molecule has 1 aliphatic rings. The van der Waals surface area contributed by atoms with E-state index in [2.05, 4.69) is 36.1 Å². The Morgan fingerprint density at radius 1 is 1.08 bits per heavy atom. The van der Waals surface area contributed by atoms with Gasteiger partial charge in [0.2, 0.25) is 0 Å². The topological polar surface area (TPSA) is 58.1 Å². The molecule has 0 unspecified atom stereocenters. The lowest BCUT2D eigenvalue weighted by atomic mass is 9.96. The SMILES string of the molecule is CC(C)(C)c1nccc(NCc2ccc(C(=O)N3CCCCC3)cc2)n1. The van der Waals surface area contributed by atoms with Gasteiger partial charge in [-0.15, -0.1) is 0 Å². The van der Waals surface area contributed by atoms with Crippen LogP contribution in [0.3, 0.4) is 0 Å². The van der Waals surface area contributed by atoms with Crippen molar-refractivity contribution in [3.8, 4) is 0 Å². The Kier molecular flexibility index (Phi) is 5.55. The summed E-state index contributed by atoms with van der Waals surface area (Å²) in [5.74, 6) is 1.79. The molecule has 0 bridgehead atoms. The van der Waals surface area contributed by atoms with Crippen molar-refractivity contribution in [2.24, 2.45) is 0 Å². The van der Waals surface area contributed by atoms with E-state index in [9.17, 15) is 4.79 Å². The van der Waals surface area contributed by atoms with Gasteiger partial charge in [0, 0.05) is 36.8 Å². The third kappa shape index (κ3) is 4.59. The van der Waals surface area contributed by atoms with Gasteiger partial charge in [-0.05, 0) is 43.0 Å². The van der Waals surface area contributed by atoms with E-state index in [1.807, 2.05) is 35.2 Å². The van der Waals surface area contributed by atoms with E-state index in [1.165, 1.54) is 6.42 Å². The zero-order chi connectivity index (χ0) is 18.6. The third-order valence-corrected chi connectivity index (χ3v) is 4.64. The maximum atomic E-state index is 12.5. The summed E-state index contributed by atoms with van der Waals surface area (Å²) in [4.78, 5) is 23.4. The highest BCUT2D eigenvalue weighted by atomic mass is 16.2. The molecular weight excluding hydrogens is 324 g/mol. The molecule has 0 radical (unpaired) electrons. The number of aromatic nitrogens is 2. The van der Waals surface area contributed by atoms with Crippen LogP contribution >= 0.6 is 0 Å². The molecule has 5 heteroatoms. The van der Waals surface area contributed by atoms with E-state index in [0.717, 1.165) is 48.7 Å². The van der Waals surface area contributed by atoms with Crippen molar-refractivity contribution in [2.75, 3.05) is 18.4 Å². The van der Waals surface area contributed by atoms with Crippen molar-refractivity contribution in [2.45, 2.75) is 52.0 Å². The van der Waals surface area contributed by atoms with Gasteiger partial charge in [-0.2, -0.15) is 0 Å². The Morgan fingerprint density at radius 3 is 2.42 bits per heavy atom. The molecule has 0 aliphatic carbocycles. The highest BCUT2D eigenvalue weighted by molar-refractivity contribution is 5.94. The summed E-state index contributed by atoms with van der Waals surface area (Å²) in [6, 6.07) is 9.75. The third-order valence-electron chi connectivity index (χ3n) is 4.64. The summed E-state index contributed by atoms with van der Waals surface area (Å²) in [5, 5.41) is 3.34. The molecule has 3 rings (SSSR count). The summed E-state index contributed by atoms with van der Waals surface area (Å²) in [7, 11) is 0. The second-order valence-electron chi connectivity index (χ2n) is 7.92. The van der Waals surface area contributed by atoms with Crippen LogP contribution in [-0.2, 0) is 12.0 Å². The fourth-order valence-electron chi connectivity index (χ4n) is 3.06. The summed E-state index contributed by atoms with van der Waals surface area (Å²) in [5.41, 5.74) is 1.82. The number of carbonyl (C=O) groups excluding carboxylic acids is 1. The molecule has 26 heavy (non-hydrogen) atoms. The number of nitrogens with zero attached hydrogens (tertiary/aromatic N) is 3. The van der Waals surface area contributed by atoms with Crippen molar-refractivity contribution in [3.05, 3.63) is 53.5 Å². The van der Waals surface area contributed by atoms with Gasteiger partial charge in [0.05, 0.1) is 0 Å². The zero-order valence-electron chi connectivity index (χ0n) is 16.0. The molecule has 1 N–H and O–H groups in total. The first-order valence-corrected chi connectivity index (χ1v) is 9.39. The largest absolute Gasteiger partial charge is 0.366 e. The number of piperidine rings is 1. The Bertz CT molecular complexity index is 743. The van der Waals surface area contributed by atoms with Gasteiger partial charge < -0.3 is 10.2 Å². The van der Waals surface area contributed by atoms with Crippen LogP contribution in [0.4, 0.5) is 5.82 Å². The second-order valence-corrected chi connectivity index (χ2v) is 7.92. The standard InChI is InChI=1S/C21H28N4O/c1-21(2,3)20-22-12-11-18(24-20)23-15-16-7-9-17(10-8-16)19(26)25-13-5-4-6-14-25/h7-12H,4-6,13-15H2,1-3H3,(H,22,23,24). The Morgan fingerprint density at radius 2 is 1.77 bits per heavy atom. The number of rotatable bonds is 4. The van der Waals surface area contributed by atoms with Crippen LogP contribution in [0.25, 0.3) is 0 Å². The van der Waals surface area contributed by atoms with Crippen LogP contribution in [0, 0.1) is 0 Å². The molecule has 2 heterocycles. The summed E-state index contributed by atoms with van der Waals surface area (Å²) < 4.78 is 0. The molecule has 0 atom stereocenters. The van der Waals surface area contributed by atoms with Crippen LogP contribution in [0.15, 0.2) is 36.5 Å². The molecule has 1 aliphatic heterocycles. The van der Waals surface area contributed by atoms with Gasteiger partial charge in [-0.1, -0.05) is 32.9 Å². The minimum atomic E-state index is -0.0752. The Balaban J connectivity index is 1.60. The number of anilines is 1. The average molecular weight is 352 g/mol. The minimum Gasteiger partial charge on any atom is -0.366 e. The number of hydrogen-bond donors (Lipinski definition) is 1. The highest BCUT2D eigenvalue weighted by Gasteiger charge is 2.18. The van der Waals surface area contributed by atoms with E-state index in [4.69, 9.17) is 0 Å². The van der Waals surface area contributed by atoms with E-state index in [-0.39, 0.29) is 11.3 Å². The van der Waals surface area contributed by atoms with Gasteiger partial charge in [0.1, 0.15) is 11.6 Å². The zero-order valence-corrected chi connectivity index (χ0v) is 16.0. The van der Waals surface area contributed by atoms with Crippen molar-refractivity contribution in [1.82, 2.24) is 14.9 Å². The first-order valence-electron chi connectivity index (χ1n) is 9.39. The minimum absolute atomic E-state index is 0.0752. The van der Waals surface area contributed by atoms with E-state index < -0.39 is 0 Å². The van der Waals surface area contributed by atoms with Crippen molar-refractivity contribution in [3.63, 3.8) is 0 Å². The summed E-state index contributed by atoms with van der Waals surface area (Å²) in [6.07, 6.45) is 5.25. The number of benzene rings is 1. The van der Waals surface area contributed by atoms with Crippen LogP contribution < -0.4 is 5.32 Å². The molecule has 0 saturated carbocycles. The van der Waals surface area contributed by atoms with Crippen molar-refractivity contribution < 1.29 is 4.79 Å². The average Bonchev–Trinajstić information content (AvgIpc) is 2.66. The van der Waals surface area contributed by atoms with Crippen LogP contribution in [0.2, 0.25) is 0 Å². The van der Waals surface area contributed by atoms with Crippen LogP contribution in [0.1, 0.15) is 61.8 Å². The number of hydrogen-bond acceptors (Lipinski definition) is 4. The van der Waals surface area contributed by atoms with Gasteiger partial charge in [0.15, 0.2) is 0 Å². The Labute approximate surface area is 155 Å². The maximum Gasteiger partial charge on any atom is 0.253 e. The van der Waals surface area contributed by atoms with E-state index in [0.29, 0.717) is 6.54 Å². The molecule has 138 valence electrons. The second kappa shape index (κ2) is 7.85. The molecule has 1 aromatic heterocycles. The molecule has 2 aromatic rings. The predicted molar refractivity (Wildman–Crippen MR) is 104 cm³/mol. The summed E-state index contributed by atoms with van der Waals surface area (Å²) in [6.45, 7) is 8.73. The number of likely N-dealkylation sites (tertiary alicyclic amines) is 1. The van der Waals surface area contributed by atoms with E-state index in [1.54, 1.807) is 6.20 Å². The van der Waals surface area contributed by atoms with Gasteiger partial charge in [-0.25, -0.2) is 9.97 Å². The lowest BCUT2D eigenvalue weighted by Crippen LogP contribution is -2.35. The van der Waals surface area contributed by atoms with Crippen LogP contribution in [0.5, 0.6) is 0 Å². The van der Waals surface area contributed by atoms with Crippen molar-refractivity contribution >= 4 is 11.7 Å². The molecule has 1 saturated heterocycles. The number of nitrogens with one attached hydrogen (secondary N) is 1. The lowest BCUT2D eigenvalue weighted by molar-refractivity contribution is 0.0724. The molecule has 5 nitrogen and oxygen atoms in total. The Hall–Kier alpha value is -2.43. The monoisotopic (exact) mass is 352 g/mol. The highest BCUT2D eigenvalue weighted by Crippen LogP contribution is 2.19. The number of amides is 1. The first kappa shape index (κ1) is 18.4. The normalized spacial score (nSPS) is 15.0. The van der Waals surface area contributed by atoms with Gasteiger partial charge in [0.25, 0.3) is 5.91 Å². The van der Waals surface area contributed by atoms with Crippen LogP contribution in [-0.4, -0.2) is 33.9 Å². The van der Waals surface area contributed by atoms with E-state index >= 15 is 0 Å². The van der Waals surface area contributed by atoms with Gasteiger partial charge in [-0.3, -0.25) is 4.79 Å². The fraction of sp³-hybridized carbons (Fsp3) is 0.476. The molecule has 0 spiro atoms. The van der Waals surface area contributed by atoms with Crippen molar-refractivity contribution in [1.29, 1.82) is 0 Å². The summed E-state index contributed by atoms with van der Waals surface area (Å²) >= 11 is 0. The van der Waals surface area contributed by atoms with Gasteiger partial charge >= 0.3 is 0 Å². The number of carbonyl (C=O) groups is 1. The smallest absolute Gasteiger partial charge is 0.253 e. The predicted octanol–water partition coefficient (Wildman–Crippen LogP) is 4.01. The fourth-order valence-corrected chi connectivity index (χ4v) is 3.06.